The normalized spacial score (nSPS) is 15.9. The van der Waals surface area contributed by atoms with Gasteiger partial charge in [0.15, 0.2) is 0 Å². The van der Waals surface area contributed by atoms with Crippen molar-refractivity contribution in [1.29, 1.82) is 0 Å². The van der Waals surface area contributed by atoms with Gasteiger partial charge in [0.05, 0.1) is 0 Å². The molecule has 0 bridgehead atoms. The van der Waals surface area contributed by atoms with E-state index in [4.69, 9.17) is 0 Å². The Kier molecular flexibility index (Phi) is 5.48. The molecule has 1 saturated heterocycles. The highest BCUT2D eigenvalue weighted by Crippen LogP contribution is 2.29. The topological polar surface area (TPSA) is 39.3 Å². The highest BCUT2D eigenvalue weighted by atomic mass is 32.1. The molecule has 4 rings (SSSR count). The van der Waals surface area contributed by atoms with E-state index < -0.39 is 0 Å². The van der Waals surface area contributed by atoms with E-state index in [0.29, 0.717) is 0 Å². The summed E-state index contributed by atoms with van der Waals surface area (Å²) in [5.74, 6) is -0.195. The summed E-state index contributed by atoms with van der Waals surface area (Å²) in [6.07, 6.45) is 1.71. The number of piperazine rings is 1. The number of benzene rings is 1. The van der Waals surface area contributed by atoms with Crippen LogP contribution in [0.15, 0.2) is 59.5 Å². The maximum absolute atomic E-state index is 13.4. The summed E-state index contributed by atoms with van der Waals surface area (Å²) in [5, 5.41) is 0. The molecule has 1 fully saturated rings. The number of hydrogen-bond donors (Lipinski definition) is 1. The van der Waals surface area contributed by atoms with E-state index in [2.05, 4.69) is 26.9 Å². The van der Waals surface area contributed by atoms with E-state index in [9.17, 15) is 9.18 Å². The molecule has 0 spiro atoms. The second-order valence-corrected chi connectivity index (χ2v) is 8.06. The van der Waals surface area contributed by atoms with Crippen molar-refractivity contribution in [3.05, 3.63) is 81.3 Å². The zero-order valence-corrected chi connectivity index (χ0v) is 15.8. The fourth-order valence-electron chi connectivity index (χ4n) is 3.43. The van der Waals surface area contributed by atoms with Gasteiger partial charge in [0.25, 0.3) is 0 Å². The van der Waals surface area contributed by atoms with E-state index >= 15 is 0 Å². The summed E-state index contributed by atoms with van der Waals surface area (Å²) < 4.78 is 13.4. The Bertz CT molecular complexity index is 960. The number of aromatic amines is 1. The van der Waals surface area contributed by atoms with Gasteiger partial charge in [0.2, 0.25) is 5.56 Å². The molecule has 27 heavy (non-hydrogen) atoms. The number of thiophene rings is 1. The third kappa shape index (κ3) is 4.71. The van der Waals surface area contributed by atoms with Crippen LogP contribution in [-0.2, 0) is 13.1 Å². The second kappa shape index (κ2) is 8.17. The van der Waals surface area contributed by atoms with Crippen molar-refractivity contribution in [3.63, 3.8) is 0 Å². The van der Waals surface area contributed by atoms with Crippen molar-refractivity contribution in [2.75, 3.05) is 26.2 Å². The van der Waals surface area contributed by atoms with Gasteiger partial charge in [0.1, 0.15) is 5.82 Å². The van der Waals surface area contributed by atoms with Gasteiger partial charge in [-0.2, -0.15) is 0 Å². The molecule has 2 aromatic heterocycles. The minimum atomic E-state index is -0.195. The van der Waals surface area contributed by atoms with Crippen molar-refractivity contribution in [2.45, 2.75) is 13.1 Å². The minimum absolute atomic E-state index is 0.0436. The fraction of sp³-hybridized carbons (Fsp3) is 0.286. The Morgan fingerprint density at radius 2 is 1.74 bits per heavy atom. The molecule has 0 amide bonds. The van der Waals surface area contributed by atoms with E-state index in [1.54, 1.807) is 35.7 Å². The van der Waals surface area contributed by atoms with Gasteiger partial charge in [-0.1, -0.05) is 12.1 Å². The van der Waals surface area contributed by atoms with Crippen LogP contribution in [0.3, 0.4) is 0 Å². The molecule has 4 nitrogen and oxygen atoms in total. The van der Waals surface area contributed by atoms with Crippen molar-refractivity contribution in [2.24, 2.45) is 0 Å². The lowest BCUT2D eigenvalue weighted by molar-refractivity contribution is 0.123. The first-order valence-electron chi connectivity index (χ1n) is 9.13. The smallest absolute Gasteiger partial charge is 0.248 e. The zero-order valence-electron chi connectivity index (χ0n) is 15.0. The minimum Gasteiger partial charge on any atom is -0.329 e. The number of halogens is 1. The predicted octanol–water partition coefficient (Wildman–Crippen LogP) is 3.56. The van der Waals surface area contributed by atoms with Crippen LogP contribution in [0.5, 0.6) is 0 Å². The molecule has 0 atom stereocenters. The van der Waals surface area contributed by atoms with Crippen LogP contribution in [0.4, 0.5) is 4.39 Å². The molecule has 0 aliphatic carbocycles. The molecule has 3 heterocycles. The Hall–Kier alpha value is -2.28. The molecule has 3 aromatic rings. The Labute approximate surface area is 161 Å². The summed E-state index contributed by atoms with van der Waals surface area (Å²) in [4.78, 5) is 21.3. The molecule has 1 aliphatic heterocycles. The van der Waals surface area contributed by atoms with Crippen LogP contribution in [0, 0.1) is 5.82 Å². The molecule has 6 heteroatoms. The van der Waals surface area contributed by atoms with Crippen LogP contribution in [0.1, 0.15) is 10.4 Å². The first-order chi connectivity index (χ1) is 13.2. The average Bonchev–Trinajstić information content (AvgIpc) is 3.12. The van der Waals surface area contributed by atoms with Crippen molar-refractivity contribution >= 4 is 11.3 Å². The number of hydrogen-bond acceptors (Lipinski definition) is 4. The van der Waals surface area contributed by atoms with Crippen LogP contribution in [0.2, 0.25) is 0 Å². The number of pyridine rings is 1. The fourth-order valence-corrected chi connectivity index (χ4v) is 4.48. The average molecular weight is 383 g/mol. The Balaban J connectivity index is 1.31. The molecular formula is C21H22FN3OS. The van der Waals surface area contributed by atoms with Gasteiger partial charge >= 0.3 is 0 Å². The van der Waals surface area contributed by atoms with E-state index in [1.807, 2.05) is 12.1 Å². The summed E-state index contributed by atoms with van der Waals surface area (Å²) in [5.41, 5.74) is 1.96. The van der Waals surface area contributed by atoms with Gasteiger partial charge in [-0.25, -0.2) is 4.39 Å². The molecule has 1 aromatic carbocycles. The van der Waals surface area contributed by atoms with Gasteiger partial charge < -0.3 is 4.98 Å². The quantitative estimate of drug-likeness (QED) is 0.732. The molecule has 1 aliphatic rings. The number of H-pyrrole nitrogens is 1. The van der Waals surface area contributed by atoms with Gasteiger partial charge in [-0.3, -0.25) is 14.6 Å². The van der Waals surface area contributed by atoms with Crippen molar-refractivity contribution in [3.8, 4) is 10.4 Å². The maximum Gasteiger partial charge on any atom is 0.248 e. The van der Waals surface area contributed by atoms with Crippen molar-refractivity contribution < 1.29 is 4.39 Å². The lowest BCUT2D eigenvalue weighted by Crippen LogP contribution is -2.45. The molecule has 0 unspecified atom stereocenters. The molecule has 0 radical (unpaired) electrons. The Morgan fingerprint density at radius 1 is 0.963 bits per heavy atom. The highest BCUT2D eigenvalue weighted by molar-refractivity contribution is 7.15. The van der Waals surface area contributed by atoms with Crippen molar-refractivity contribution in [1.82, 2.24) is 14.8 Å². The van der Waals surface area contributed by atoms with E-state index in [1.165, 1.54) is 10.9 Å². The number of rotatable bonds is 5. The first-order valence-corrected chi connectivity index (χ1v) is 9.94. The number of nitrogens with one attached hydrogen (secondary N) is 1. The van der Waals surface area contributed by atoms with E-state index in [0.717, 1.165) is 55.3 Å². The van der Waals surface area contributed by atoms with Crippen LogP contribution < -0.4 is 5.56 Å². The lowest BCUT2D eigenvalue weighted by Gasteiger charge is -2.34. The molecule has 0 saturated carbocycles. The summed E-state index contributed by atoms with van der Waals surface area (Å²) in [6.45, 7) is 5.76. The third-order valence-electron chi connectivity index (χ3n) is 4.86. The zero-order chi connectivity index (χ0) is 18.6. The number of nitrogens with zero attached hydrogens (tertiary/aromatic N) is 2. The predicted molar refractivity (Wildman–Crippen MR) is 107 cm³/mol. The first kappa shape index (κ1) is 18.1. The van der Waals surface area contributed by atoms with Crippen LogP contribution in [0.25, 0.3) is 10.4 Å². The third-order valence-corrected chi connectivity index (χ3v) is 5.98. The van der Waals surface area contributed by atoms with Gasteiger partial charge in [0, 0.05) is 61.3 Å². The van der Waals surface area contributed by atoms with Gasteiger partial charge in [-0.15, -0.1) is 11.3 Å². The second-order valence-electron chi connectivity index (χ2n) is 6.89. The SMILES string of the molecule is O=c1cc(CN2CCN(Cc3ccc(-c4cccc(F)c4)s3)CC2)cc[nH]1. The van der Waals surface area contributed by atoms with E-state index in [-0.39, 0.29) is 11.4 Å². The number of aromatic nitrogens is 1. The highest BCUT2D eigenvalue weighted by Gasteiger charge is 2.18. The standard InChI is InChI=1S/C21H22FN3OS/c22-18-3-1-2-17(13-18)20-5-4-19(27-20)15-25-10-8-24(9-11-25)14-16-6-7-23-21(26)12-16/h1-7,12-13H,8-11,14-15H2,(H,23,26). The summed E-state index contributed by atoms with van der Waals surface area (Å²) >= 11 is 1.73. The Morgan fingerprint density at radius 3 is 2.48 bits per heavy atom. The molecular weight excluding hydrogens is 361 g/mol. The van der Waals surface area contributed by atoms with Crippen LogP contribution >= 0.6 is 11.3 Å². The van der Waals surface area contributed by atoms with Crippen LogP contribution in [-0.4, -0.2) is 41.0 Å². The summed E-state index contributed by atoms with van der Waals surface area (Å²) in [6, 6.07) is 14.6. The molecule has 1 N–H and O–H groups in total. The molecule has 140 valence electrons. The monoisotopic (exact) mass is 383 g/mol. The maximum atomic E-state index is 13.4. The lowest BCUT2D eigenvalue weighted by atomic mass is 10.2. The van der Waals surface area contributed by atoms with Gasteiger partial charge in [-0.05, 0) is 41.5 Å². The summed E-state index contributed by atoms with van der Waals surface area (Å²) in [7, 11) is 0. The largest absolute Gasteiger partial charge is 0.329 e.